The highest BCUT2D eigenvalue weighted by molar-refractivity contribution is 6.30. The second-order valence-electron chi connectivity index (χ2n) is 7.16. The maximum atomic E-state index is 9.76. The van der Waals surface area contributed by atoms with Crippen molar-refractivity contribution in [3.8, 4) is 0 Å². The molecule has 186 valence electrons. The molecule has 2 heterocycles. The van der Waals surface area contributed by atoms with E-state index >= 15 is 0 Å². The number of hydrogen-bond donors (Lipinski definition) is 3. The van der Waals surface area contributed by atoms with Gasteiger partial charge in [0.25, 0.3) is 0 Å². The van der Waals surface area contributed by atoms with Crippen molar-refractivity contribution in [1.29, 1.82) is 0 Å². The predicted octanol–water partition coefficient (Wildman–Crippen LogP) is 4.99. The van der Waals surface area contributed by atoms with Gasteiger partial charge >= 0.3 is 0 Å². The topological polar surface area (TPSA) is 113 Å². The zero-order valence-corrected chi connectivity index (χ0v) is 21.4. The fourth-order valence-corrected chi connectivity index (χ4v) is 3.77. The Morgan fingerprint density at radius 2 is 2.00 bits per heavy atom. The molecular formula is C25H37ClN6O2. The van der Waals surface area contributed by atoms with Gasteiger partial charge in [-0.3, -0.25) is 0 Å². The molecule has 3 rings (SSSR count). The monoisotopic (exact) mass is 488 g/mol. The van der Waals surface area contributed by atoms with E-state index < -0.39 is 0 Å². The van der Waals surface area contributed by atoms with Gasteiger partial charge < -0.3 is 14.8 Å². The molecule has 0 unspecified atom stereocenters. The first-order chi connectivity index (χ1) is 16.6. The summed E-state index contributed by atoms with van der Waals surface area (Å²) in [7, 11) is 1.00. The van der Waals surface area contributed by atoms with Gasteiger partial charge in [-0.1, -0.05) is 81.8 Å². The van der Waals surface area contributed by atoms with E-state index in [1.165, 1.54) is 5.57 Å². The van der Waals surface area contributed by atoms with Crippen molar-refractivity contribution in [3.05, 3.63) is 76.7 Å². The first-order valence-corrected chi connectivity index (χ1v) is 11.9. The Morgan fingerprint density at radius 3 is 2.53 bits per heavy atom. The average molecular weight is 489 g/mol. The number of imidazole rings is 1. The summed E-state index contributed by atoms with van der Waals surface area (Å²) in [6.45, 7) is 14.7. The van der Waals surface area contributed by atoms with Crippen LogP contribution in [0.3, 0.4) is 0 Å². The number of allylic oxidation sites excluding steroid dienone is 8. The number of hydrogen-bond acceptors (Lipinski definition) is 6. The van der Waals surface area contributed by atoms with Crippen LogP contribution in [0, 0.1) is 0 Å². The van der Waals surface area contributed by atoms with Gasteiger partial charge in [-0.15, -0.1) is 10.2 Å². The Balaban J connectivity index is 0.00000137. The molecule has 9 heteroatoms. The Labute approximate surface area is 207 Å². The van der Waals surface area contributed by atoms with Crippen molar-refractivity contribution in [1.82, 2.24) is 30.2 Å². The van der Waals surface area contributed by atoms with E-state index in [2.05, 4.69) is 62.4 Å². The van der Waals surface area contributed by atoms with Crippen LogP contribution >= 0.6 is 11.6 Å². The molecule has 0 saturated carbocycles. The van der Waals surface area contributed by atoms with Crippen LogP contribution in [0.5, 0.6) is 0 Å². The number of rotatable bonds is 10. The van der Waals surface area contributed by atoms with Gasteiger partial charge in [-0.25, -0.2) is 4.98 Å². The zero-order valence-electron chi connectivity index (χ0n) is 20.7. The average Bonchev–Trinajstić information content (AvgIpc) is 3.51. The van der Waals surface area contributed by atoms with Gasteiger partial charge in [0, 0.05) is 25.6 Å². The summed E-state index contributed by atoms with van der Waals surface area (Å²) in [4.78, 5) is 4.47. The van der Waals surface area contributed by atoms with Crippen molar-refractivity contribution in [2.24, 2.45) is 0 Å². The van der Waals surface area contributed by atoms with Crippen LogP contribution in [0.25, 0.3) is 5.57 Å². The zero-order chi connectivity index (χ0) is 25.5. The number of tetrazole rings is 1. The van der Waals surface area contributed by atoms with Crippen molar-refractivity contribution in [3.63, 3.8) is 0 Å². The molecule has 2 aromatic rings. The first kappa shape index (κ1) is 29.2. The Kier molecular flexibility index (Phi) is 13.7. The lowest BCUT2D eigenvalue weighted by molar-refractivity contribution is 0.271. The lowest BCUT2D eigenvalue weighted by Crippen LogP contribution is -2.11. The molecule has 1 aliphatic rings. The van der Waals surface area contributed by atoms with Crippen molar-refractivity contribution >= 4 is 17.2 Å². The van der Waals surface area contributed by atoms with E-state index in [4.69, 9.17) is 16.7 Å². The van der Waals surface area contributed by atoms with Gasteiger partial charge in [0.1, 0.15) is 5.82 Å². The summed E-state index contributed by atoms with van der Waals surface area (Å²) >= 11 is 6.26. The number of aromatic nitrogens is 6. The number of aryl methyl sites for hydroxylation is 1. The van der Waals surface area contributed by atoms with Gasteiger partial charge in [0.2, 0.25) is 5.82 Å². The van der Waals surface area contributed by atoms with Crippen LogP contribution in [-0.2, 0) is 19.6 Å². The Hall–Kier alpha value is -2.81. The van der Waals surface area contributed by atoms with E-state index in [1.54, 1.807) is 6.08 Å². The normalized spacial score (nSPS) is 13.1. The van der Waals surface area contributed by atoms with Crippen molar-refractivity contribution < 1.29 is 10.2 Å². The first-order valence-electron chi connectivity index (χ1n) is 11.5. The Morgan fingerprint density at radius 1 is 1.26 bits per heavy atom. The van der Waals surface area contributed by atoms with Crippen LogP contribution < -0.4 is 0 Å². The standard InChI is InChI=1S/C22H27ClN6O.C2H6.CH4O/c1-4-6-8-20-24-21(23)19(14-30)29(20)13-16-9-11-17(12-10-16)15(3)18(7-5-2)22-25-27-28-26-22;2*1-2/h5,7,9,11,30H,2-4,6,8,10,12-14H2,1H3,(H,25,26,27,28);1-2H3;2H,1H3/b18-7+;;. The third kappa shape index (κ3) is 7.62. The molecule has 0 spiro atoms. The maximum absolute atomic E-state index is 9.76. The minimum absolute atomic E-state index is 0.121. The highest BCUT2D eigenvalue weighted by Gasteiger charge is 2.19. The molecule has 0 amide bonds. The maximum Gasteiger partial charge on any atom is 0.205 e. The third-order valence-corrected chi connectivity index (χ3v) is 5.49. The smallest absolute Gasteiger partial charge is 0.205 e. The second-order valence-corrected chi connectivity index (χ2v) is 7.52. The Bertz CT molecular complexity index is 1000. The van der Waals surface area contributed by atoms with E-state index in [-0.39, 0.29) is 6.61 Å². The largest absolute Gasteiger partial charge is 0.400 e. The molecule has 8 nitrogen and oxygen atoms in total. The van der Waals surface area contributed by atoms with Gasteiger partial charge in [0.05, 0.1) is 12.3 Å². The van der Waals surface area contributed by atoms with E-state index in [9.17, 15) is 5.11 Å². The molecule has 1 aliphatic carbocycles. The summed E-state index contributed by atoms with van der Waals surface area (Å²) in [5.74, 6) is 1.43. The molecule has 0 radical (unpaired) electrons. The van der Waals surface area contributed by atoms with Crippen molar-refractivity contribution in [2.75, 3.05) is 7.11 Å². The predicted molar refractivity (Wildman–Crippen MR) is 138 cm³/mol. The van der Waals surface area contributed by atoms with Gasteiger partial charge in [-0.05, 0) is 35.6 Å². The molecule has 0 atom stereocenters. The number of H-pyrrole nitrogens is 1. The summed E-state index contributed by atoms with van der Waals surface area (Å²) in [5.41, 5.74) is 4.71. The van der Waals surface area contributed by atoms with Gasteiger partial charge in [0.15, 0.2) is 5.15 Å². The van der Waals surface area contributed by atoms with Crippen LogP contribution in [0.4, 0.5) is 0 Å². The number of unbranched alkanes of at least 4 members (excludes halogenated alkanes) is 1. The number of aromatic amines is 1. The third-order valence-electron chi connectivity index (χ3n) is 5.19. The highest BCUT2D eigenvalue weighted by atomic mass is 35.5. The number of nitrogens with one attached hydrogen (secondary N) is 1. The molecule has 0 bridgehead atoms. The molecule has 2 aromatic heterocycles. The SMILES string of the molecule is C=C/C=C(\C(=C)C1=CC=C(Cn2c(CCCC)nc(Cl)c2CO)CC1)c1nn[nH]n1.CC.CO. The van der Waals surface area contributed by atoms with E-state index in [0.717, 1.165) is 61.8 Å². The molecule has 0 aromatic carbocycles. The fraction of sp³-hybridized carbons (Fsp3) is 0.440. The summed E-state index contributed by atoms with van der Waals surface area (Å²) in [6.07, 6.45) is 12.4. The van der Waals surface area contributed by atoms with Crippen LogP contribution in [0.2, 0.25) is 5.15 Å². The van der Waals surface area contributed by atoms with E-state index in [1.807, 2.05) is 19.9 Å². The van der Waals surface area contributed by atoms with Crippen LogP contribution in [-0.4, -0.2) is 47.5 Å². The van der Waals surface area contributed by atoms with E-state index in [0.29, 0.717) is 23.2 Å². The molecule has 0 saturated heterocycles. The minimum atomic E-state index is -0.121. The molecule has 34 heavy (non-hydrogen) atoms. The van der Waals surface area contributed by atoms with Gasteiger partial charge in [-0.2, -0.15) is 5.21 Å². The minimum Gasteiger partial charge on any atom is -0.400 e. The van der Waals surface area contributed by atoms with Crippen molar-refractivity contribution in [2.45, 2.75) is 66.0 Å². The molecule has 0 fully saturated rings. The molecule has 0 aliphatic heterocycles. The van der Waals surface area contributed by atoms with Crippen LogP contribution in [0.1, 0.15) is 63.8 Å². The lowest BCUT2D eigenvalue weighted by atomic mass is 9.89. The number of nitrogens with zero attached hydrogens (tertiary/aromatic N) is 5. The summed E-state index contributed by atoms with van der Waals surface area (Å²) in [5, 5.41) is 31.4. The van der Waals surface area contributed by atoms with Crippen LogP contribution in [0.15, 0.2) is 54.2 Å². The lowest BCUT2D eigenvalue weighted by Gasteiger charge is -2.19. The summed E-state index contributed by atoms with van der Waals surface area (Å²) < 4.78 is 2.06. The fourth-order valence-electron chi connectivity index (χ4n) is 3.51. The summed E-state index contributed by atoms with van der Waals surface area (Å²) in [6, 6.07) is 0. The molecule has 3 N–H and O–H groups in total. The number of halogens is 1. The second kappa shape index (κ2) is 15.9. The number of aliphatic hydroxyl groups is 2. The highest BCUT2D eigenvalue weighted by Crippen LogP contribution is 2.32. The number of aliphatic hydroxyl groups excluding tert-OH is 2. The molecular weight excluding hydrogens is 452 g/mol. The quantitative estimate of drug-likeness (QED) is 0.406.